The Labute approximate surface area is 221 Å². The molecule has 0 radical (unpaired) electrons. The van der Waals surface area contributed by atoms with Gasteiger partial charge in [-0.15, -0.1) is 0 Å². The molecule has 38 heavy (non-hydrogen) atoms. The molecule has 0 aromatic carbocycles. The number of carbonyl (C=O) groups is 4. The summed E-state index contributed by atoms with van der Waals surface area (Å²) in [7, 11) is 0. The molecule has 0 heterocycles. The molecule has 0 aliphatic heterocycles. The van der Waals surface area contributed by atoms with Gasteiger partial charge in [0, 0.05) is 13.1 Å². The first-order chi connectivity index (χ1) is 17.9. The first-order valence-corrected chi connectivity index (χ1v) is 12.2. The predicted molar refractivity (Wildman–Crippen MR) is 141 cm³/mol. The smallest absolute Gasteiger partial charge is 0.326 e. The van der Waals surface area contributed by atoms with Crippen LogP contribution < -0.4 is 50.4 Å². The third-order valence-electron chi connectivity index (χ3n) is 5.26. The Hall–Kier alpha value is -3.70. The summed E-state index contributed by atoms with van der Waals surface area (Å²) in [6.45, 7) is -0.0503. The number of rotatable bonds is 20. The number of nitrogens with one attached hydrogen (secondary N) is 3. The molecule has 0 aromatic heterocycles. The lowest BCUT2D eigenvalue weighted by atomic mass is 10.1. The number of aliphatic imine (C=N–C) groups is 2. The third-order valence-corrected chi connectivity index (χ3v) is 5.26. The van der Waals surface area contributed by atoms with Crippen LogP contribution in [0.4, 0.5) is 0 Å². The van der Waals surface area contributed by atoms with Crippen LogP contribution in [0.1, 0.15) is 44.9 Å². The number of carboxylic acids is 1. The Balaban J connectivity index is 5.30. The zero-order chi connectivity index (χ0) is 29.1. The number of amides is 3. The summed E-state index contributed by atoms with van der Waals surface area (Å²) in [5.41, 5.74) is 32.4. The summed E-state index contributed by atoms with van der Waals surface area (Å²) in [5, 5.41) is 26.2. The first kappa shape index (κ1) is 34.3. The van der Waals surface area contributed by atoms with Gasteiger partial charge < -0.3 is 60.6 Å². The van der Waals surface area contributed by atoms with Crippen molar-refractivity contribution in [1.29, 1.82) is 0 Å². The Morgan fingerprint density at radius 3 is 1.63 bits per heavy atom. The summed E-state index contributed by atoms with van der Waals surface area (Å²) >= 11 is 0. The van der Waals surface area contributed by atoms with Gasteiger partial charge >= 0.3 is 5.97 Å². The average molecular weight is 546 g/mol. The number of aliphatic hydroxyl groups is 1. The number of hydrogen-bond donors (Lipinski definition) is 11. The van der Waals surface area contributed by atoms with E-state index in [1.165, 1.54) is 0 Å². The highest BCUT2D eigenvalue weighted by Gasteiger charge is 2.29. The topological polar surface area (TPSA) is 326 Å². The van der Waals surface area contributed by atoms with Gasteiger partial charge in [0.1, 0.15) is 18.1 Å². The molecule has 0 rings (SSSR count). The Morgan fingerprint density at radius 1 is 0.684 bits per heavy atom. The fraction of sp³-hybridized carbons (Fsp3) is 0.714. The number of unbranched alkanes of at least 4 members (excludes halogenated alkanes) is 1. The highest BCUT2D eigenvalue weighted by Crippen LogP contribution is 2.04. The van der Waals surface area contributed by atoms with Crippen molar-refractivity contribution in [2.45, 2.75) is 69.1 Å². The fourth-order valence-corrected chi connectivity index (χ4v) is 3.19. The summed E-state index contributed by atoms with van der Waals surface area (Å²) in [4.78, 5) is 57.2. The lowest BCUT2D eigenvalue weighted by Crippen LogP contribution is -2.58. The molecule has 17 nitrogen and oxygen atoms in total. The van der Waals surface area contributed by atoms with E-state index in [4.69, 9.17) is 34.4 Å². The van der Waals surface area contributed by atoms with Crippen LogP contribution in [0.25, 0.3) is 0 Å². The molecule has 0 spiro atoms. The van der Waals surface area contributed by atoms with Gasteiger partial charge in [-0.3, -0.25) is 24.4 Å². The second-order valence-corrected chi connectivity index (χ2v) is 8.49. The molecule has 0 unspecified atom stereocenters. The van der Waals surface area contributed by atoms with Crippen molar-refractivity contribution in [3.05, 3.63) is 0 Å². The van der Waals surface area contributed by atoms with E-state index >= 15 is 0 Å². The number of carbonyl (C=O) groups excluding carboxylic acids is 3. The van der Waals surface area contributed by atoms with E-state index in [0.717, 1.165) is 0 Å². The van der Waals surface area contributed by atoms with Crippen LogP contribution in [0, 0.1) is 0 Å². The van der Waals surface area contributed by atoms with E-state index in [0.29, 0.717) is 32.2 Å². The van der Waals surface area contributed by atoms with Gasteiger partial charge in [0.2, 0.25) is 17.7 Å². The van der Waals surface area contributed by atoms with Gasteiger partial charge in [0.15, 0.2) is 11.9 Å². The molecular formula is C21H43N11O6. The van der Waals surface area contributed by atoms with E-state index in [1.807, 2.05) is 0 Å². The van der Waals surface area contributed by atoms with Crippen molar-refractivity contribution in [1.82, 2.24) is 16.0 Å². The molecule has 17 heteroatoms. The number of nitrogens with zero attached hydrogens (tertiary/aromatic N) is 2. The van der Waals surface area contributed by atoms with Crippen LogP contribution in [0.15, 0.2) is 9.98 Å². The Kier molecular flexibility index (Phi) is 17.5. The SMILES string of the molecule is NCCCC[C@H](N)C(=O)N[C@@H](CCCN=C(N)N)C(=O)N[C@@H](CO)C(=O)N[C@@H](CCCN=C(N)N)C(=O)O. The number of nitrogens with two attached hydrogens (primary N) is 6. The van der Waals surface area contributed by atoms with Crippen molar-refractivity contribution >= 4 is 35.6 Å². The van der Waals surface area contributed by atoms with Gasteiger partial charge in [-0.25, -0.2) is 4.79 Å². The van der Waals surface area contributed by atoms with Crippen LogP contribution in [0.2, 0.25) is 0 Å². The molecule has 0 aliphatic carbocycles. The monoisotopic (exact) mass is 545 g/mol. The standard InChI is InChI=1S/C21H43N11O6/c22-8-2-1-5-12(23)16(34)30-13(6-3-9-28-20(24)25)17(35)32-15(11-33)18(36)31-14(19(37)38)7-4-10-29-21(26)27/h12-15,33H,1-11,22-23H2,(H,30,34)(H,31,36)(H,32,35)(H,37,38)(H4,24,25,28)(H4,26,27,29)/t12-,13-,14-,15-/m0/s1. The summed E-state index contributed by atoms with van der Waals surface area (Å²) in [5.74, 6) is -3.91. The largest absolute Gasteiger partial charge is 0.480 e. The molecule has 17 N–H and O–H groups in total. The van der Waals surface area contributed by atoms with Crippen molar-refractivity contribution in [3.63, 3.8) is 0 Å². The Bertz CT molecular complexity index is 815. The molecule has 4 atom stereocenters. The van der Waals surface area contributed by atoms with E-state index in [-0.39, 0.29) is 44.3 Å². The van der Waals surface area contributed by atoms with Crippen LogP contribution >= 0.6 is 0 Å². The zero-order valence-corrected chi connectivity index (χ0v) is 21.5. The lowest BCUT2D eigenvalue weighted by Gasteiger charge is -2.24. The maximum atomic E-state index is 12.9. The predicted octanol–water partition coefficient (Wildman–Crippen LogP) is -4.92. The summed E-state index contributed by atoms with van der Waals surface area (Å²) < 4.78 is 0. The molecule has 0 fully saturated rings. The van der Waals surface area contributed by atoms with E-state index in [1.54, 1.807) is 0 Å². The number of guanidine groups is 2. The molecule has 0 bridgehead atoms. The van der Waals surface area contributed by atoms with Crippen molar-refractivity contribution < 1.29 is 29.4 Å². The Morgan fingerprint density at radius 2 is 1.16 bits per heavy atom. The van der Waals surface area contributed by atoms with Crippen molar-refractivity contribution in [2.75, 3.05) is 26.2 Å². The fourth-order valence-electron chi connectivity index (χ4n) is 3.19. The minimum absolute atomic E-state index is 0.00450. The van der Waals surface area contributed by atoms with Crippen LogP contribution in [-0.4, -0.2) is 96.2 Å². The van der Waals surface area contributed by atoms with Gasteiger partial charge in [0.25, 0.3) is 0 Å². The quantitative estimate of drug-likeness (QED) is 0.0389. The number of hydrogen-bond acceptors (Lipinski definition) is 9. The molecule has 0 aromatic rings. The molecule has 0 aliphatic rings. The van der Waals surface area contributed by atoms with Gasteiger partial charge in [-0.1, -0.05) is 6.42 Å². The van der Waals surface area contributed by atoms with Crippen LogP contribution in [0.5, 0.6) is 0 Å². The van der Waals surface area contributed by atoms with Crippen molar-refractivity contribution in [2.24, 2.45) is 44.4 Å². The molecule has 0 saturated carbocycles. The van der Waals surface area contributed by atoms with Crippen molar-refractivity contribution in [3.8, 4) is 0 Å². The van der Waals surface area contributed by atoms with Gasteiger partial charge in [0.05, 0.1) is 12.6 Å². The third kappa shape index (κ3) is 15.4. The second kappa shape index (κ2) is 19.4. The highest BCUT2D eigenvalue weighted by molar-refractivity contribution is 5.94. The summed E-state index contributed by atoms with van der Waals surface area (Å²) in [6, 6.07) is -4.82. The van der Waals surface area contributed by atoms with E-state index in [9.17, 15) is 29.4 Å². The lowest BCUT2D eigenvalue weighted by molar-refractivity contribution is -0.142. The number of aliphatic hydroxyl groups excluding tert-OH is 1. The van der Waals surface area contributed by atoms with Crippen LogP contribution in [-0.2, 0) is 19.2 Å². The average Bonchev–Trinajstić information content (AvgIpc) is 2.85. The normalized spacial score (nSPS) is 13.8. The van der Waals surface area contributed by atoms with Gasteiger partial charge in [-0.05, 0) is 45.1 Å². The number of carboxylic acid groups (broad SMARTS) is 1. The number of aliphatic carboxylic acids is 1. The minimum atomic E-state index is -1.49. The first-order valence-electron chi connectivity index (χ1n) is 12.2. The van der Waals surface area contributed by atoms with E-state index in [2.05, 4.69) is 25.9 Å². The zero-order valence-electron chi connectivity index (χ0n) is 21.5. The highest BCUT2D eigenvalue weighted by atomic mass is 16.4. The maximum Gasteiger partial charge on any atom is 0.326 e. The van der Waals surface area contributed by atoms with Gasteiger partial charge in [-0.2, -0.15) is 0 Å². The molecule has 3 amide bonds. The summed E-state index contributed by atoms with van der Waals surface area (Å²) in [6.07, 6.45) is 2.29. The maximum absolute atomic E-state index is 12.9. The molecule has 218 valence electrons. The second-order valence-electron chi connectivity index (χ2n) is 8.49. The molecule has 0 saturated heterocycles. The van der Waals surface area contributed by atoms with E-state index < -0.39 is 54.5 Å². The minimum Gasteiger partial charge on any atom is -0.480 e. The molecular weight excluding hydrogens is 502 g/mol. The van der Waals surface area contributed by atoms with Crippen LogP contribution in [0.3, 0.4) is 0 Å².